The lowest BCUT2D eigenvalue weighted by Gasteiger charge is -2.13. The predicted octanol–water partition coefficient (Wildman–Crippen LogP) is -0.477. The number of rotatable bonds is 6. The van der Waals surface area contributed by atoms with E-state index in [2.05, 4.69) is 33.1 Å². The first kappa shape index (κ1) is 14.4. The van der Waals surface area contributed by atoms with E-state index in [0.717, 1.165) is 0 Å². The molecule has 0 aliphatic heterocycles. The quantitative estimate of drug-likeness (QED) is 0.528. The van der Waals surface area contributed by atoms with Gasteiger partial charge in [-0.3, -0.25) is 4.79 Å². The number of carbonyl (C=O) groups excluding carboxylic acids is 2. The van der Waals surface area contributed by atoms with Gasteiger partial charge in [0.25, 0.3) is 0 Å². The van der Waals surface area contributed by atoms with Crippen molar-refractivity contribution in [2.45, 2.75) is 12.5 Å². The van der Waals surface area contributed by atoms with Crippen molar-refractivity contribution in [3.8, 4) is 0 Å². The summed E-state index contributed by atoms with van der Waals surface area (Å²) in [6, 6.07) is -2.05. The second kappa shape index (κ2) is 6.83. The van der Waals surface area contributed by atoms with Crippen molar-refractivity contribution >= 4 is 33.8 Å². The van der Waals surface area contributed by atoms with E-state index in [4.69, 9.17) is 10.8 Å². The zero-order chi connectivity index (χ0) is 12.7. The minimum absolute atomic E-state index is 0.148. The Morgan fingerprint density at radius 2 is 2.00 bits per heavy atom. The van der Waals surface area contributed by atoms with Crippen LogP contribution in [0.15, 0.2) is 11.1 Å². The Morgan fingerprint density at radius 1 is 1.44 bits per heavy atom. The molecule has 1 atom stereocenters. The number of primary amides is 1. The van der Waals surface area contributed by atoms with Gasteiger partial charge in [0.2, 0.25) is 5.91 Å². The maximum absolute atomic E-state index is 11.1. The van der Waals surface area contributed by atoms with E-state index in [1.807, 2.05) is 0 Å². The fourth-order valence-electron chi connectivity index (χ4n) is 0.787. The van der Waals surface area contributed by atoms with Crippen molar-refractivity contribution in [3.63, 3.8) is 0 Å². The molecule has 0 spiro atoms. The maximum Gasteiger partial charge on any atom is 0.326 e. The fraction of sp³-hybridized carbons (Fsp3) is 0.375. The van der Waals surface area contributed by atoms with Crippen molar-refractivity contribution in [3.05, 3.63) is 11.1 Å². The van der Waals surface area contributed by atoms with Crippen LogP contribution in [0.25, 0.3) is 0 Å². The number of nitrogens with two attached hydrogens (primary N) is 1. The van der Waals surface area contributed by atoms with Gasteiger partial charge in [0.05, 0.1) is 13.0 Å². The summed E-state index contributed by atoms with van der Waals surface area (Å²) in [6.07, 6.45) is -0.460. The second-order valence-electron chi connectivity index (χ2n) is 2.91. The molecule has 0 bridgehead atoms. The molecule has 1 unspecified atom stereocenters. The minimum Gasteiger partial charge on any atom is -0.480 e. The fourth-order valence-corrected chi connectivity index (χ4v) is 0.927. The van der Waals surface area contributed by atoms with E-state index in [1.54, 1.807) is 0 Å². The topological polar surface area (TPSA) is 122 Å². The van der Waals surface area contributed by atoms with Gasteiger partial charge in [0.1, 0.15) is 6.04 Å². The first-order valence-electron chi connectivity index (χ1n) is 4.21. The van der Waals surface area contributed by atoms with E-state index < -0.39 is 30.4 Å². The van der Waals surface area contributed by atoms with Crippen LogP contribution in [0.5, 0.6) is 0 Å². The number of halogens is 1. The summed E-state index contributed by atoms with van der Waals surface area (Å²) in [4.78, 5) is 32.3. The van der Waals surface area contributed by atoms with Gasteiger partial charge in [0.15, 0.2) is 0 Å². The average molecular weight is 294 g/mol. The maximum atomic E-state index is 11.1. The second-order valence-corrected chi connectivity index (χ2v) is 4.03. The molecular formula is C8H12BrN3O4. The molecule has 7 nitrogen and oxygen atoms in total. The molecule has 0 heterocycles. The summed E-state index contributed by atoms with van der Waals surface area (Å²) in [7, 11) is 0. The number of amides is 3. The van der Waals surface area contributed by atoms with Crippen molar-refractivity contribution in [2.75, 3.05) is 6.54 Å². The monoisotopic (exact) mass is 293 g/mol. The molecule has 0 aromatic carbocycles. The highest BCUT2D eigenvalue weighted by Crippen LogP contribution is 1.97. The van der Waals surface area contributed by atoms with Gasteiger partial charge < -0.3 is 21.5 Å². The predicted molar refractivity (Wildman–Crippen MR) is 59.8 cm³/mol. The number of urea groups is 1. The Hall–Kier alpha value is -1.57. The smallest absolute Gasteiger partial charge is 0.326 e. The summed E-state index contributed by atoms with van der Waals surface area (Å²) in [5, 5.41) is 13.1. The van der Waals surface area contributed by atoms with Crippen LogP contribution in [0.4, 0.5) is 4.79 Å². The molecule has 0 aromatic rings. The van der Waals surface area contributed by atoms with Crippen LogP contribution in [-0.4, -0.2) is 35.6 Å². The highest BCUT2D eigenvalue weighted by molar-refractivity contribution is 9.11. The van der Waals surface area contributed by atoms with Crippen molar-refractivity contribution in [1.82, 2.24) is 10.6 Å². The van der Waals surface area contributed by atoms with E-state index in [0.29, 0.717) is 4.48 Å². The lowest BCUT2D eigenvalue weighted by molar-refractivity contribution is -0.140. The molecule has 0 rings (SSSR count). The first-order chi connectivity index (χ1) is 7.32. The number of carbonyl (C=O) groups is 3. The van der Waals surface area contributed by atoms with Crippen LogP contribution in [0, 0.1) is 0 Å². The standard InChI is InChI=1S/C8H12BrN3O4/c1-4(9)3-11-8(16)12-5(7(14)15)2-6(10)13/h5H,1-3H2,(H2,10,13)(H,14,15)(H2,11,12,16). The Bertz CT molecular complexity index is 318. The van der Waals surface area contributed by atoms with Crippen LogP contribution < -0.4 is 16.4 Å². The van der Waals surface area contributed by atoms with Gasteiger partial charge in [-0.2, -0.15) is 0 Å². The van der Waals surface area contributed by atoms with Crippen molar-refractivity contribution < 1.29 is 19.5 Å². The van der Waals surface area contributed by atoms with Gasteiger partial charge in [0, 0.05) is 4.48 Å². The first-order valence-corrected chi connectivity index (χ1v) is 5.01. The van der Waals surface area contributed by atoms with Gasteiger partial charge in [-0.15, -0.1) is 0 Å². The van der Waals surface area contributed by atoms with Crippen LogP contribution >= 0.6 is 15.9 Å². The lowest BCUT2D eigenvalue weighted by Crippen LogP contribution is -2.47. The van der Waals surface area contributed by atoms with E-state index in [1.165, 1.54) is 0 Å². The molecule has 0 aliphatic carbocycles. The molecule has 8 heteroatoms. The van der Waals surface area contributed by atoms with Crippen molar-refractivity contribution in [2.24, 2.45) is 5.73 Å². The number of nitrogens with one attached hydrogen (secondary N) is 2. The highest BCUT2D eigenvalue weighted by Gasteiger charge is 2.21. The van der Waals surface area contributed by atoms with Gasteiger partial charge >= 0.3 is 12.0 Å². The molecular weight excluding hydrogens is 282 g/mol. The number of hydrogen-bond donors (Lipinski definition) is 4. The van der Waals surface area contributed by atoms with E-state index in [9.17, 15) is 14.4 Å². The minimum atomic E-state index is -1.33. The third-order valence-corrected chi connectivity index (χ3v) is 1.73. The summed E-state index contributed by atoms with van der Waals surface area (Å²) in [6.45, 7) is 3.62. The molecule has 0 saturated carbocycles. The molecule has 16 heavy (non-hydrogen) atoms. The largest absolute Gasteiger partial charge is 0.480 e. The van der Waals surface area contributed by atoms with Crippen LogP contribution in [0.2, 0.25) is 0 Å². The third kappa shape index (κ3) is 6.82. The SMILES string of the molecule is C=C(Br)CNC(=O)NC(CC(N)=O)C(=O)O. The molecule has 0 radical (unpaired) electrons. The lowest BCUT2D eigenvalue weighted by atomic mass is 10.2. The number of carboxylic acid groups (broad SMARTS) is 1. The summed E-state index contributed by atoms with van der Waals surface area (Å²) < 4.78 is 0.532. The zero-order valence-corrected chi connectivity index (χ0v) is 9.91. The molecule has 0 aliphatic rings. The number of hydrogen-bond acceptors (Lipinski definition) is 3. The number of carboxylic acids is 1. The highest BCUT2D eigenvalue weighted by atomic mass is 79.9. The average Bonchev–Trinajstić information content (AvgIpc) is 2.12. The Balaban J connectivity index is 4.18. The summed E-state index contributed by atoms with van der Waals surface area (Å²) in [5.74, 6) is -2.13. The number of aliphatic carboxylic acids is 1. The third-order valence-electron chi connectivity index (χ3n) is 1.45. The Labute approximate surface area is 100 Å². The molecule has 90 valence electrons. The van der Waals surface area contributed by atoms with Gasteiger partial charge in [-0.1, -0.05) is 22.5 Å². The van der Waals surface area contributed by atoms with Crippen LogP contribution in [0.1, 0.15) is 6.42 Å². The van der Waals surface area contributed by atoms with Gasteiger partial charge in [-0.05, 0) is 0 Å². The molecule has 3 amide bonds. The molecule has 0 saturated heterocycles. The molecule has 5 N–H and O–H groups in total. The van der Waals surface area contributed by atoms with Crippen molar-refractivity contribution in [1.29, 1.82) is 0 Å². The molecule has 0 aromatic heterocycles. The summed E-state index contributed by atoms with van der Waals surface area (Å²) >= 11 is 3.01. The van der Waals surface area contributed by atoms with E-state index in [-0.39, 0.29) is 6.54 Å². The molecule has 0 fully saturated rings. The zero-order valence-electron chi connectivity index (χ0n) is 8.33. The Morgan fingerprint density at radius 3 is 2.38 bits per heavy atom. The van der Waals surface area contributed by atoms with Crippen LogP contribution in [0.3, 0.4) is 0 Å². The Kier molecular flexibility index (Phi) is 6.16. The van der Waals surface area contributed by atoms with Gasteiger partial charge in [-0.25, -0.2) is 9.59 Å². The normalized spacial score (nSPS) is 11.3. The van der Waals surface area contributed by atoms with Crippen LogP contribution in [-0.2, 0) is 9.59 Å². The summed E-state index contributed by atoms with van der Waals surface area (Å²) in [5.41, 5.74) is 4.83. The van der Waals surface area contributed by atoms with E-state index >= 15 is 0 Å².